The average molecular weight is 669 g/mol. The minimum absolute atomic E-state index is 0.0665. The first-order valence-electron chi connectivity index (χ1n) is 14.3. The lowest BCUT2D eigenvalue weighted by atomic mass is 9.96. The number of carbonyl (C=O) groups excluding carboxylic acids is 4. The lowest BCUT2D eigenvalue weighted by Gasteiger charge is -2.27. The van der Waals surface area contributed by atoms with Gasteiger partial charge in [0.15, 0.2) is 5.70 Å². The fraction of sp³-hybridized carbons (Fsp3) is 0.552. The summed E-state index contributed by atoms with van der Waals surface area (Å²) in [7, 11) is 3.82. The van der Waals surface area contributed by atoms with Crippen LogP contribution in [0.15, 0.2) is 35.5 Å². The number of rotatable bonds is 11. The molecule has 0 radical (unpaired) electrons. The van der Waals surface area contributed by atoms with Gasteiger partial charge >= 0.3 is 12.4 Å². The van der Waals surface area contributed by atoms with Gasteiger partial charge in [-0.05, 0) is 50.8 Å². The van der Waals surface area contributed by atoms with Crippen LogP contribution < -0.4 is 30.5 Å². The first kappa shape index (κ1) is 40.0. The van der Waals surface area contributed by atoms with Crippen LogP contribution in [0, 0.1) is 5.92 Å². The summed E-state index contributed by atoms with van der Waals surface area (Å²) in [6, 6.07) is 7.82. The highest BCUT2D eigenvalue weighted by Gasteiger charge is 2.32. The van der Waals surface area contributed by atoms with E-state index in [0.29, 0.717) is 6.42 Å². The zero-order valence-corrected chi connectivity index (χ0v) is 25.6. The smallest absolute Gasteiger partial charge is 0.430 e. The molecule has 1 fully saturated rings. The third-order valence-corrected chi connectivity index (χ3v) is 6.84. The quantitative estimate of drug-likeness (QED) is 0.211. The highest BCUT2D eigenvalue weighted by atomic mass is 19.4. The van der Waals surface area contributed by atoms with Gasteiger partial charge in [-0.3, -0.25) is 10.1 Å². The molecule has 1 saturated heterocycles. The number of nitrogens with zero attached hydrogens (tertiary/aromatic N) is 1. The van der Waals surface area contributed by atoms with E-state index in [9.17, 15) is 35.9 Å². The molecular weight excluding hydrogens is 630 g/mol. The number of amidine groups is 1. The van der Waals surface area contributed by atoms with Crippen LogP contribution in [0.5, 0.6) is 5.75 Å². The Kier molecular flexibility index (Phi) is 16.4. The van der Waals surface area contributed by atoms with Gasteiger partial charge in [0.25, 0.3) is 0 Å². The van der Waals surface area contributed by atoms with Crippen molar-refractivity contribution in [2.24, 2.45) is 10.9 Å². The number of ketones is 1. The monoisotopic (exact) mass is 668 g/mol. The summed E-state index contributed by atoms with van der Waals surface area (Å²) >= 11 is 0. The van der Waals surface area contributed by atoms with Crippen molar-refractivity contribution in [3.05, 3.63) is 36.0 Å². The molecule has 2 aliphatic rings. The number of halogens is 6. The lowest BCUT2D eigenvalue weighted by Crippen LogP contribution is -3.10. The molecule has 0 aliphatic carbocycles. The molecule has 0 aromatic heterocycles. The molecule has 3 atom stereocenters. The van der Waals surface area contributed by atoms with Gasteiger partial charge in [0.1, 0.15) is 29.5 Å². The number of benzene rings is 1. The molecular formula is C29H38F6N4O7. The third-order valence-electron chi connectivity index (χ3n) is 6.84. The van der Waals surface area contributed by atoms with E-state index in [-0.39, 0.29) is 23.7 Å². The molecule has 11 nitrogen and oxygen atoms in total. The molecule has 3 rings (SSSR count). The molecule has 4 N–H and O–H groups in total. The molecule has 258 valence electrons. The maximum absolute atomic E-state index is 13.1. The molecule has 0 spiro atoms. The largest absolute Gasteiger partial charge is 0.542 e. The van der Waals surface area contributed by atoms with E-state index in [4.69, 9.17) is 24.5 Å². The molecule has 2 heterocycles. The van der Waals surface area contributed by atoms with Gasteiger partial charge < -0.3 is 39.6 Å². The summed E-state index contributed by atoms with van der Waals surface area (Å²) < 4.78 is 68.4. The van der Waals surface area contributed by atoms with Crippen molar-refractivity contribution in [1.82, 2.24) is 5.32 Å². The van der Waals surface area contributed by atoms with E-state index in [1.165, 1.54) is 4.90 Å². The van der Waals surface area contributed by atoms with Crippen LogP contribution >= 0.6 is 0 Å². The zero-order valence-electron chi connectivity index (χ0n) is 25.6. The Labute approximate surface area is 261 Å². The number of Topliss-reactive ketones (excluding diaryl/α,β-unsaturated/α-hetero) is 1. The average Bonchev–Trinajstić information content (AvgIpc) is 3.46. The summed E-state index contributed by atoms with van der Waals surface area (Å²) in [4.78, 5) is 47.9. The Hall–Kier alpha value is -3.99. The van der Waals surface area contributed by atoms with Gasteiger partial charge in [-0.2, -0.15) is 26.3 Å². The number of nitrogens with one attached hydrogen (secondary N) is 2. The summed E-state index contributed by atoms with van der Waals surface area (Å²) in [5.41, 5.74) is 2.07. The number of methoxy groups -OCH3 is 1. The van der Waals surface area contributed by atoms with Gasteiger partial charge in [0, 0.05) is 12.0 Å². The fourth-order valence-electron chi connectivity index (χ4n) is 4.51. The van der Waals surface area contributed by atoms with E-state index in [2.05, 4.69) is 22.7 Å². The number of aliphatic imine (C=N–C) groups is 1. The Morgan fingerprint density at radius 3 is 2.20 bits per heavy atom. The second kappa shape index (κ2) is 18.9. The van der Waals surface area contributed by atoms with Crippen LogP contribution in [0.2, 0.25) is 0 Å². The number of piperidine rings is 1. The van der Waals surface area contributed by atoms with Crippen molar-refractivity contribution in [2.75, 3.05) is 27.2 Å². The number of alkyl halides is 6. The predicted molar refractivity (Wildman–Crippen MR) is 147 cm³/mol. The second-order valence-electron chi connectivity index (χ2n) is 10.7. The number of quaternary nitrogens is 2. The summed E-state index contributed by atoms with van der Waals surface area (Å²) in [6.07, 6.45) is -2.18. The number of likely N-dealkylation sites (tertiary alicyclic amines) is 1. The highest BCUT2D eigenvalue weighted by Crippen LogP contribution is 2.19. The van der Waals surface area contributed by atoms with E-state index in [1.54, 1.807) is 14.0 Å². The number of unbranched alkanes of at least 4 members (excludes halogenated alkanes) is 2. The molecule has 0 saturated carbocycles. The Bertz CT molecular complexity index is 1230. The lowest BCUT2D eigenvalue weighted by molar-refractivity contribution is -0.887. The molecule has 0 bridgehead atoms. The Balaban J connectivity index is 0.000000629. The van der Waals surface area contributed by atoms with Crippen molar-refractivity contribution in [1.29, 1.82) is 0 Å². The van der Waals surface area contributed by atoms with Gasteiger partial charge in [-0.1, -0.05) is 18.9 Å². The minimum atomic E-state index is -5.19. The fourth-order valence-corrected chi connectivity index (χ4v) is 4.51. The summed E-state index contributed by atoms with van der Waals surface area (Å²) in [6.45, 7) is 3.67. The molecule has 1 unspecified atom stereocenters. The SMILES string of the molecule is COc1cccc(C2=CN=C([C@H](CCCCCC(C)=O)NC(=O)[C@@H]3CCC[NH+](C)C3)[NH2+]2)c1.O=C([O-])C(F)(F)F.O=C([O-])C(F)(F)F. The number of nitrogens with two attached hydrogens (primary N) is 1. The number of carbonyl (C=O) groups is 4. The number of carboxylic acids is 2. The standard InChI is InChI=1S/C25H36N4O3.2C2HF3O2/c1-18(30)9-5-4-6-13-22(28-25(31)20-11-8-14-29(2)17-20)24-26-16-23(27-24)19-10-7-12-21(15-19)32-3;2*3-2(4,5)1(6)7/h7,10,12,15-16,20,22H,4-6,8-9,11,13-14,17H2,1-3H3,(H,26,27)(H,28,31);2*(H,6,7)/t20-,22+;;/m1../s1. The van der Waals surface area contributed by atoms with Crippen LogP contribution in [0.3, 0.4) is 0 Å². The third kappa shape index (κ3) is 15.3. The van der Waals surface area contributed by atoms with Crippen LogP contribution in [0.4, 0.5) is 26.3 Å². The number of ether oxygens (including phenoxy) is 1. The van der Waals surface area contributed by atoms with E-state index in [1.807, 2.05) is 30.5 Å². The van der Waals surface area contributed by atoms with Gasteiger partial charge in [0.2, 0.25) is 11.7 Å². The molecule has 46 heavy (non-hydrogen) atoms. The number of hydrogen-bond acceptors (Lipinski definition) is 8. The molecule has 17 heteroatoms. The topological polar surface area (TPSA) is 169 Å². The van der Waals surface area contributed by atoms with Crippen LogP contribution in [0.1, 0.15) is 57.4 Å². The van der Waals surface area contributed by atoms with Crippen molar-refractivity contribution >= 4 is 35.2 Å². The highest BCUT2D eigenvalue weighted by molar-refractivity contribution is 5.90. The first-order chi connectivity index (χ1) is 21.3. The molecule has 2 aliphatic heterocycles. The number of amides is 1. The van der Waals surface area contributed by atoms with Crippen molar-refractivity contribution in [2.45, 2.75) is 70.3 Å². The summed E-state index contributed by atoms with van der Waals surface area (Å²) in [5, 5.41) is 23.0. The van der Waals surface area contributed by atoms with E-state index >= 15 is 0 Å². The Morgan fingerprint density at radius 1 is 1.07 bits per heavy atom. The van der Waals surface area contributed by atoms with Gasteiger partial charge in [0.05, 0.1) is 39.4 Å². The normalized spacial score (nSPS) is 18.4. The second-order valence-corrected chi connectivity index (χ2v) is 10.7. The molecule has 1 aromatic rings. The number of aliphatic carboxylic acids is 2. The van der Waals surface area contributed by atoms with Crippen molar-refractivity contribution in [3.8, 4) is 5.75 Å². The van der Waals surface area contributed by atoms with Crippen LogP contribution in [0.25, 0.3) is 5.70 Å². The van der Waals surface area contributed by atoms with Gasteiger partial charge in [-0.25, -0.2) is 4.99 Å². The van der Waals surface area contributed by atoms with Crippen molar-refractivity contribution in [3.63, 3.8) is 0 Å². The molecule has 1 amide bonds. The number of hydrogen-bond donors (Lipinski definition) is 3. The van der Waals surface area contributed by atoms with Crippen LogP contribution in [-0.2, 0) is 19.2 Å². The summed E-state index contributed by atoms with van der Waals surface area (Å²) in [5.74, 6) is -3.86. The number of carboxylic acid groups (broad SMARTS) is 2. The minimum Gasteiger partial charge on any atom is -0.542 e. The maximum atomic E-state index is 13.1. The Morgan fingerprint density at radius 2 is 1.67 bits per heavy atom. The first-order valence-corrected chi connectivity index (χ1v) is 14.3. The maximum Gasteiger partial charge on any atom is 0.430 e. The van der Waals surface area contributed by atoms with Gasteiger partial charge in [-0.15, -0.1) is 0 Å². The van der Waals surface area contributed by atoms with Crippen LogP contribution in [-0.4, -0.2) is 75.1 Å². The van der Waals surface area contributed by atoms with E-state index < -0.39 is 24.3 Å². The predicted octanol–water partition coefficient (Wildman–Crippen LogP) is -0.485. The molecule has 1 aromatic carbocycles. The zero-order chi connectivity index (χ0) is 35.1. The van der Waals surface area contributed by atoms with Crippen molar-refractivity contribution < 1.29 is 70.7 Å². The van der Waals surface area contributed by atoms with E-state index in [0.717, 1.165) is 74.5 Å².